The number of methoxy groups -OCH3 is 1. The van der Waals surface area contributed by atoms with Crippen molar-refractivity contribution in [1.82, 2.24) is 0 Å². The van der Waals surface area contributed by atoms with Gasteiger partial charge < -0.3 is 19.3 Å². The number of ether oxygens (including phenoxy) is 3. The average molecular weight is 400 g/mol. The van der Waals surface area contributed by atoms with Gasteiger partial charge in [-0.25, -0.2) is 4.79 Å². The SMILES string of the molecule is COC(C)=C(C(=O)O)c1ccccc1Oc1cccc(OC(F)(F)C(F)F)c1. The fourth-order valence-electron chi connectivity index (χ4n) is 2.25. The number of rotatable bonds is 8. The Morgan fingerprint density at radius 3 is 2.32 bits per heavy atom. The summed E-state index contributed by atoms with van der Waals surface area (Å²) in [5.41, 5.74) is 0.0216. The second kappa shape index (κ2) is 8.64. The first kappa shape index (κ1) is 21.1. The molecule has 2 aromatic rings. The summed E-state index contributed by atoms with van der Waals surface area (Å²) in [6.07, 6.45) is -8.66. The number of carboxylic acids is 1. The molecular weight excluding hydrogens is 384 g/mol. The third-order valence-electron chi connectivity index (χ3n) is 3.57. The molecule has 0 unspecified atom stereocenters. The molecule has 0 amide bonds. The molecule has 0 heterocycles. The topological polar surface area (TPSA) is 65.0 Å². The molecule has 0 aliphatic heterocycles. The molecule has 0 spiro atoms. The van der Waals surface area contributed by atoms with Gasteiger partial charge in [0.25, 0.3) is 0 Å². The van der Waals surface area contributed by atoms with Gasteiger partial charge in [0.1, 0.15) is 28.6 Å². The van der Waals surface area contributed by atoms with Gasteiger partial charge in [0, 0.05) is 11.6 Å². The van der Waals surface area contributed by atoms with E-state index in [0.717, 1.165) is 12.1 Å². The number of halogens is 4. The van der Waals surface area contributed by atoms with Gasteiger partial charge in [-0.1, -0.05) is 24.3 Å². The molecule has 5 nitrogen and oxygen atoms in total. The zero-order chi connectivity index (χ0) is 20.9. The molecule has 2 rings (SSSR count). The van der Waals surface area contributed by atoms with Crippen LogP contribution >= 0.6 is 0 Å². The van der Waals surface area contributed by atoms with E-state index >= 15 is 0 Å². The van der Waals surface area contributed by atoms with Crippen LogP contribution in [0.4, 0.5) is 17.6 Å². The van der Waals surface area contributed by atoms with E-state index in [4.69, 9.17) is 9.47 Å². The Morgan fingerprint density at radius 1 is 1.07 bits per heavy atom. The lowest BCUT2D eigenvalue weighted by Crippen LogP contribution is -2.33. The molecule has 0 atom stereocenters. The van der Waals surface area contributed by atoms with Gasteiger partial charge in [-0.3, -0.25) is 0 Å². The fourth-order valence-corrected chi connectivity index (χ4v) is 2.25. The Hall–Kier alpha value is -3.23. The van der Waals surface area contributed by atoms with Crippen molar-refractivity contribution in [2.45, 2.75) is 19.5 Å². The van der Waals surface area contributed by atoms with Crippen LogP contribution in [0.25, 0.3) is 5.57 Å². The first-order valence-corrected chi connectivity index (χ1v) is 7.86. The zero-order valence-corrected chi connectivity index (χ0v) is 14.8. The number of para-hydroxylation sites is 1. The lowest BCUT2D eigenvalue weighted by atomic mass is 10.0. The van der Waals surface area contributed by atoms with E-state index in [1.807, 2.05) is 0 Å². The molecule has 150 valence electrons. The summed E-state index contributed by atoms with van der Waals surface area (Å²) in [5, 5.41) is 9.47. The lowest BCUT2D eigenvalue weighted by molar-refractivity contribution is -0.253. The Kier molecular flexibility index (Phi) is 6.50. The maximum atomic E-state index is 13.1. The van der Waals surface area contributed by atoms with Gasteiger partial charge in [-0.15, -0.1) is 0 Å². The predicted octanol–water partition coefficient (Wildman–Crippen LogP) is 5.18. The quantitative estimate of drug-likeness (QED) is 0.376. The van der Waals surface area contributed by atoms with Gasteiger partial charge in [-0.05, 0) is 25.1 Å². The van der Waals surface area contributed by atoms with Crippen LogP contribution in [0.2, 0.25) is 0 Å². The third-order valence-corrected chi connectivity index (χ3v) is 3.57. The first-order chi connectivity index (χ1) is 13.2. The molecule has 0 saturated carbocycles. The average Bonchev–Trinajstić information content (AvgIpc) is 2.62. The molecule has 0 aliphatic carbocycles. The Balaban J connectivity index is 2.38. The molecule has 9 heteroatoms. The maximum absolute atomic E-state index is 13.1. The van der Waals surface area contributed by atoms with Crippen molar-refractivity contribution in [2.24, 2.45) is 0 Å². The first-order valence-electron chi connectivity index (χ1n) is 7.86. The number of aliphatic carboxylic acids is 1. The van der Waals surface area contributed by atoms with E-state index in [1.165, 1.54) is 38.3 Å². The van der Waals surface area contributed by atoms with Crippen molar-refractivity contribution in [3.8, 4) is 17.2 Å². The number of allylic oxidation sites excluding steroid dienone is 1. The second-order valence-electron chi connectivity index (χ2n) is 5.48. The molecule has 2 aromatic carbocycles. The van der Waals surface area contributed by atoms with Crippen LogP contribution in [0.5, 0.6) is 17.2 Å². The molecule has 0 aromatic heterocycles. The molecule has 0 saturated heterocycles. The molecular formula is C19H16F4O5. The molecule has 0 fully saturated rings. The van der Waals surface area contributed by atoms with Crippen LogP contribution in [0.3, 0.4) is 0 Å². The van der Waals surface area contributed by atoms with E-state index in [9.17, 15) is 27.5 Å². The summed E-state index contributed by atoms with van der Waals surface area (Å²) in [7, 11) is 1.31. The summed E-state index contributed by atoms with van der Waals surface area (Å²) in [4.78, 5) is 11.6. The number of hydrogen-bond donors (Lipinski definition) is 1. The number of alkyl halides is 4. The smallest absolute Gasteiger partial charge is 0.461 e. The highest BCUT2D eigenvalue weighted by Crippen LogP contribution is 2.34. The van der Waals surface area contributed by atoms with Gasteiger partial charge in [0.15, 0.2) is 0 Å². The minimum absolute atomic E-state index is 0.0187. The summed E-state index contributed by atoms with van der Waals surface area (Å²) in [5.74, 6) is -1.60. The standard InChI is InChI=1S/C19H16F4O5/c1-11(26-2)16(17(24)25)14-8-3-4-9-15(14)27-12-6-5-7-13(10-12)28-19(22,23)18(20)21/h3-10,18H,1-2H3,(H,24,25). The molecule has 0 aliphatic rings. The highest BCUT2D eigenvalue weighted by atomic mass is 19.3. The molecule has 0 radical (unpaired) electrons. The second-order valence-corrected chi connectivity index (χ2v) is 5.48. The van der Waals surface area contributed by atoms with E-state index in [0.29, 0.717) is 0 Å². The highest BCUT2D eigenvalue weighted by molar-refractivity contribution is 6.16. The van der Waals surface area contributed by atoms with Crippen LogP contribution < -0.4 is 9.47 Å². The fraction of sp³-hybridized carbons (Fsp3) is 0.211. The van der Waals surface area contributed by atoms with Crippen LogP contribution in [0.15, 0.2) is 54.3 Å². The largest absolute Gasteiger partial charge is 0.500 e. The van der Waals surface area contributed by atoms with Crippen LogP contribution in [-0.4, -0.2) is 30.7 Å². The summed E-state index contributed by atoms with van der Waals surface area (Å²) >= 11 is 0. The van der Waals surface area contributed by atoms with Crippen molar-refractivity contribution < 1.29 is 41.7 Å². The van der Waals surface area contributed by atoms with E-state index in [2.05, 4.69) is 4.74 Å². The minimum atomic E-state index is -4.66. The molecule has 1 N–H and O–H groups in total. The molecule has 0 bridgehead atoms. The van der Waals surface area contributed by atoms with Gasteiger partial charge in [0.05, 0.1) is 7.11 Å². The Morgan fingerprint density at radius 2 is 1.71 bits per heavy atom. The zero-order valence-electron chi connectivity index (χ0n) is 14.8. The van der Waals surface area contributed by atoms with Crippen molar-refractivity contribution in [3.05, 3.63) is 59.9 Å². The highest BCUT2D eigenvalue weighted by Gasteiger charge is 2.44. The summed E-state index contributed by atoms with van der Waals surface area (Å²) in [6, 6.07) is 10.8. The predicted molar refractivity (Wildman–Crippen MR) is 91.8 cm³/mol. The van der Waals surface area contributed by atoms with Crippen LogP contribution in [0, 0.1) is 0 Å². The maximum Gasteiger partial charge on any atom is 0.461 e. The van der Waals surface area contributed by atoms with E-state index in [-0.39, 0.29) is 28.4 Å². The monoisotopic (exact) mass is 400 g/mol. The minimum Gasteiger partial charge on any atom is -0.500 e. The molecule has 28 heavy (non-hydrogen) atoms. The van der Waals surface area contributed by atoms with Crippen molar-refractivity contribution >= 4 is 11.5 Å². The van der Waals surface area contributed by atoms with Gasteiger partial charge >= 0.3 is 18.5 Å². The number of hydrogen-bond acceptors (Lipinski definition) is 4. The van der Waals surface area contributed by atoms with Crippen molar-refractivity contribution in [3.63, 3.8) is 0 Å². The van der Waals surface area contributed by atoms with Gasteiger partial charge in [0.2, 0.25) is 0 Å². The Bertz CT molecular complexity index is 880. The number of carboxylic acid groups (broad SMARTS) is 1. The Labute approximate surface area is 157 Å². The number of carbonyl (C=O) groups is 1. The normalized spacial score (nSPS) is 12.4. The third kappa shape index (κ3) is 4.93. The summed E-state index contributed by atoms with van der Waals surface area (Å²) in [6.45, 7) is 1.46. The van der Waals surface area contributed by atoms with Gasteiger partial charge in [-0.2, -0.15) is 17.6 Å². The van der Waals surface area contributed by atoms with E-state index < -0.39 is 24.3 Å². The van der Waals surface area contributed by atoms with Crippen molar-refractivity contribution in [1.29, 1.82) is 0 Å². The van der Waals surface area contributed by atoms with Crippen LogP contribution in [0.1, 0.15) is 12.5 Å². The lowest BCUT2D eigenvalue weighted by Gasteiger charge is -2.18. The van der Waals surface area contributed by atoms with Crippen molar-refractivity contribution in [2.75, 3.05) is 7.11 Å². The van der Waals surface area contributed by atoms with E-state index in [1.54, 1.807) is 12.1 Å². The summed E-state index contributed by atoms with van der Waals surface area (Å²) < 4.78 is 65.4. The number of benzene rings is 2. The van der Waals surface area contributed by atoms with Crippen LogP contribution in [-0.2, 0) is 9.53 Å².